The van der Waals surface area contributed by atoms with Gasteiger partial charge in [-0.15, -0.1) is 11.8 Å². The molecule has 50 valence electrons. The van der Waals surface area contributed by atoms with Crippen molar-refractivity contribution in [3.63, 3.8) is 0 Å². The molecule has 0 saturated heterocycles. The van der Waals surface area contributed by atoms with Gasteiger partial charge in [-0.2, -0.15) is 0 Å². The summed E-state index contributed by atoms with van der Waals surface area (Å²) in [6, 6.07) is 0. The van der Waals surface area contributed by atoms with Crippen LogP contribution in [0.5, 0.6) is 0 Å². The van der Waals surface area contributed by atoms with Gasteiger partial charge in [-0.25, -0.2) is 0 Å². The number of carbonyl (C=O) groups excluding carboxylic acids is 1. The molecule has 0 spiro atoms. The fourth-order valence-corrected chi connectivity index (χ4v) is 1.01. The largest absolute Gasteiger partial charge is 0.363 e. The van der Waals surface area contributed by atoms with E-state index in [9.17, 15) is 4.79 Å². The molecule has 9 heavy (non-hydrogen) atoms. The summed E-state index contributed by atoms with van der Waals surface area (Å²) in [5.41, 5.74) is 0.0440. The molecule has 0 aliphatic carbocycles. The van der Waals surface area contributed by atoms with Crippen molar-refractivity contribution in [3.8, 4) is 0 Å². The van der Waals surface area contributed by atoms with Crippen LogP contribution in [0, 0.1) is 0 Å². The molecule has 4 heteroatoms. The maximum Gasteiger partial charge on any atom is 0.247 e. The molecule has 1 rings (SSSR count). The number of carbonyl (C=O) groups is 1. The summed E-state index contributed by atoms with van der Waals surface area (Å²) in [7, 11) is 0. The van der Waals surface area contributed by atoms with Crippen molar-refractivity contribution in [2.45, 2.75) is 5.50 Å². The molecule has 0 radical (unpaired) electrons. The molecule has 1 heterocycles. The van der Waals surface area contributed by atoms with Crippen LogP contribution >= 0.6 is 11.8 Å². The third kappa shape index (κ3) is 1.64. The second-order valence-electron chi connectivity index (χ2n) is 1.62. The summed E-state index contributed by atoms with van der Waals surface area (Å²) in [5, 5.41) is 5.64. The van der Waals surface area contributed by atoms with Crippen LogP contribution in [0.15, 0.2) is 12.3 Å². The van der Waals surface area contributed by atoms with Gasteiger partial charge in [0.15, 0.2) is 0 Å². The third-order valence-corrected chi connectivity index (χ3v) is 1.72. The molecule has 3 nitrogen and oxygen atoms in total. The van der Waals surface area contributed by atoms with Gasteiger partial charge in [-0.05, 0) is 6.26 Å². The van der Waals surface area contributed by atoms with Gasteiger partial charge in [-0.3, -0.25) is 4.79 Å². The second kappa shape index (κ2) is 2.77. The lowest BCUT2D eigenvalue weighted by atomic mass is 10.5. The average Bonchev–Trinajstić information content (AvgIpc) is 1.88. The first-order valence-electron chi connectivity index (χ1n) is 2.59. The van der Waals surface area contributed by atoms with Crippen LogP contribution in [0.1, 0.15) is 0 Å². The number of thioether (sulfide) groups is 1. The highest BCUT2D eigenvalue weighted by molar-refractivity contribution is 7.99. The average molecular weight is 144 g/mol. The maximum atomic E-state index is 10.6. The number of amides is 1. The summed E-state index contributed by atoms with van der Waals surface area (Å²) in [4.78, 5) is 10.6. The maximum absolute atomic E-state index is 10.6. The van der Waals surface area contributed by atoms with E-state index in [2.05, 4.69) is 10.6 Å². The SMILES string of the molecule is CSC1NC=CC(=O)N1. The Morgan fingerprint density at radius 3 is 3.00 bits per heavy atom. The van der Waals surface area contributed by atoms with Gasteiger partial charge >= 0.3 is 0 Å². The lowest BCUT2D eigenvalue weighted by Gasteiger charge is -2.18. The molecular weight excluding hydrogens is 136 g/mol. The zero-order chi connectivity index (χ0) is 6.69. The van der Waals surface area contributed by atoms with E-state index < -0.39 is 0 Å². The van der Waals surface area contributed by atoms with Gasteiger partial charge in [0.1, 0.15) is 5.50 Å². The lowest BCUT2D eigenvalue weighted by molar-refractivity contribution is -0.117. The second-order valence-corrected chi connectivity index (χ2v) is 2.57. The van der Waals surface area contributed by atoms with Crippen molar-refractivity contribution in [2.24, 2.45) is 0 Å². The van der Waals surface area contributed by atoms with Crippen LogP contribution in [-0.4, -0.2) is 17.7 Å². The molecule has 1 unspecified atom stereocenters. The number of hydrogen-bond donors (Lipinski definition) is 2. The van der Waals surface area contributed by atoms with E-state index in [0.717, 1.165) is 0 Å². The van der Waals surface area contributed by atoms with Crippen molar-refractivity contribution in [2.75, 3.05) is 6.26 Å². The quantitative estimate of drug-likeness (QED) is 0.538. The first kappa shape index (κ1) is 6.48. The zero-order valence-corrected chi connectivity index (χ0v) is 5.87. The smallest absolute Gasteiger partial charge is 0.247 e. The van der Waals surface area contributed by atoms with E-state index in [1.807, 2.05) is 6.26 Å². The predicted molar refractivity (Wildman–Crippen MR) is 37.7 cm³/mol. The zero-order valence-electron chi connectivity index (χ0n) is 5.05. The van der Waals surface area contributed by atoms with E-state index in [0.29, 0.717) is 0 Å². The molecule has 1 aliphatic heterocycles. The molecule has 1 aliphatic rings. The fraction of sp³-hybridized carbons (Fsp3) is 0.400. The van der Waals surface area contributed by atoms with Gasteiger partial charge in [0, 0.05) is 12.3 Å². The highest BCUT2D eigenvalue weighted by Crippen LogP contribution is 2.00. The topological polar surface area (TPSA) is 41.1 Å². The number of nitrogens with one attached hydrogen (secondary N) is 2. The van der Waals surface area contributed by atoms with Gasteiger partial charge in [0.2, 0.25) is 5.91 Å². The van der Waals surface area contributed by atoms with Crippen LogP contribution in [0.25, 0.3) is 0 Å². The third-order valence-electron chi connectivity index (χ3n) is 0.991. The molecule has 0 aromatic carbocycles. The monoisotopic (exact) mass is 144 g/mol. The van der Waals surface area contributed by atoms with Gasteiger partial charge < -0.3 is 10.6 Å². The molecule has 2 N–H and O–H groups in total. The minimum Gasteiger partial charge on any atom is -0.363 e. The Balaban J connectivity index is 2.47. The minimum absolute atomic E-state index is 0.0342. The first-order valence-corrected chi connectivity index (χ1v) is 3.87. The molecule has 0 bridgehead atoms. The highest BCUT2D eigenvalue weighted by Gasteiger charge is 2.09. The number of rotatable bonds is 1. The summed E-state index contributed by atoms with van der Waals surface area (Å²) in [6.07, 6.45) is 5.05. The molecule has 1 amide bonds. The Hall–Kier alpha value is -0.640. The van der Waals surface area contributed by atoms with E-state index in [-0.39, 0.29) is 11.4 Å². The number of hydrogen-bond acceptors (Lipinski definition) is 3. The molecule has 1 atom stereocenters. The van der Waals surface area contributed by atoms with Crippen molar-refractivity contribution >= 4 is 17.7 Å². The van der Waals surface area contributed by atoms with Crippen LogP contribution in [0.2, 0.25) is 0 Å². The van der Waals surface area contributed by atoms with Crippen LogP contribution in [0.3, 0.4) is 0 Å². The van der Waals surface area contributed by atoms with E-state index in [4.69, 9.17) is 0 Å². The summed E-state index contributed by atoms with van der Waals surface area (Å²) >= 11 is 1.56. The van der Waals surface area contributed by atoms with Crippen LogP contribution in [-0.2, 0) is 4.79 Å². The van der Waals surface area contributed by atoms with Crippen molar-refractivity contribution in [3.05, 3.63) is 12.3 Å². The highest BCUT2D eigenvalue weighted by atomic mass is 32.2. The van der Waals surface area contributed by atoms with Crippen molar-refractivity contribution < 1.29 is 4.79 Å². The summed E-state index contributed by atoms with van der Waals surface area (Å²) in [5.74, 6) is -0.0342. The Bertz CT molecular complexity index is 146. The van der Waals surface area contributed by atoms with Crippen molar-refractivity contribution in [1.82, 2.24) is 10.6 Å². The van der Waals surface area contributed by atoms with E-state index >= 15 is 0 Å². The van der Waals surface area contributed by atoms with E-state index in [1.165, 1.54) is 6.08 Å². The fourth-order valence-electron chi connectivity index (χ4n) is 0.557. The lowest BCUT2D eigenvalue weighted by Crippen LogP contribution is -2.43. The minimum atomic E-state index is -0.0342. The standard InChI is InChI=1S/C5H8N2OS/c1-9-5-6-3-2-4(8)7-5/h2-3,5-6H,1H3,(H,7,8). The van der Waals surface area contributed by atoms with Crippen LogP contribution < -0.4 is 10.6 Å². The Morgan fingerprint density at radius 2 is 2.56 bits per heavy atom. The normalized spacial score (nSPS) is 25.0. The molecule has 0 aromatic heterocycles. The van der Waals surface area contributed by atoms with Crippen molar-refractivity contribution in [1.29, 1.82) is 0 Å². The van der Waals surface area contributed by atoms with E-state index in [1.54, 1.807) is 18.0 Å². The summed E-state index contributed by atoms with van der Waals surface area (Å²) < 4.78 is 0. The Kier molecular flexibility index (Phi) is 2.00. The van der Waals surface area contributed by atoms with Gasteiger partial charge in [-0.1, -0.05) is 0 Å². The Morgan fingerprint density at radius 1 is 1.78 bits per heavy atom. The van der Waals surface area contributed by atoms with Gasteiger partial charge in [0.25, 0.3) is 0 Å². The molecular formula is C5H8N2OS. The van der Waals surface area contributed by atoms with Crippen LogP contribution in [0.4, 0.5) is 0 Å². The van der Waals surface area contributed by atoms with Gasteiger partial charge in [0.05, 0.1) is 0 Å². The predicted octanol–water partition coefficient (Wildman–Crippen LogP) is -0.134. The first-order chi connectivity index (χ1) is 4.33. The Labute approximate surface area is 57.9 Å². The molecule has 0 saturated carbocycles. The summed E-state index contributed by atoms with van der Waals surface area (Å²) in [6.45, 7) is 0. The molecule has 0 fully saturated rings. The molecule has 0 aromatic rings.